The zero-order valence-corrected chi connectivity index (χ0v) is 25.3. The van der Waals surface area contributed by atoms with Crippen molar-refractivity contribution in [2.75, 3.05) is 23.2 Å². The molecule has 4 aromatic rings. The number of halogens is 5. The molecule has 0 saturated heterocycles. The van der Waals surface area contributed by atoms with Crippen LogP contribution in [-0.4, -0.2) is 47.5 Å². The van der Waals surface area contributed by atoms with Gasteiger partial charge in [0.1, 0.15) is 23.1 Å². The summed E-state index contributed by atoms with van der Waals surface area (Å²) >= 11 is 0.804. The van der Waals surface area contributed by atoms with E-state index >= 15 is 8.78 Å². The lowest BCUT2D eigenvalue weighted by atomic mass is 9.94. The Morgan fingerprint density at radius 1 is 1.02 bits per heavy atom. The summed E-state index contributed by atoms with van der Waals surface area (Å²) in [5.74, 6) is -3.08. The molecule has 0 saturated carbocycles. The summed E-state index contributed by atoms with van der Waals surface area (Å²) in [5, 5.41) is 6.93. The molecule has 44 heavy (non-hydrogen) atoms. The van der Waals surface area contributed by atoms with Gasteiger partial charge in [-0.1, -0.05) is 48.1 Å². The highest BCUT2D eigenvalue weighted by Crippen LogP contribution is 2.43. The van der Waals surface area contributed by atoms with Crippen LogP contribution in [0.5, 0.6) is 5.88 Å². The van der Waals surface area contributed by atoms with Crippen molar-refractivity contribution in [1.82, 2.24) is 19.7 Å². The molecule has 2 N–H and O–H groups in total. The molecule has 0 amide bonds. The van der Waals surface area contributed by atoms with Gasteiger partial charge in [-0.05, 0) is 38.8 Å². The second-order valence-corrected chi connectivity index (χ2v) is 13.5. The van der Waals surface area contributed by atoms with E-state index in [2.05, 4.69) is 25.1 Å². The number of nitrogens with zero attached hydrogens (tertiary/aromatic N) is 4. The van der Waals surface area contributed by atoms with Crippen LogP contribution < -0.4 is 14.8 Å². The van der Waals surface area contributed by atoms with Crippen LogP contribution in [0.3, 0.4) is 0 Å². The van der Waals surface area contributed by atoms with Crippen molar-refractivity contribution < 1.29 is 35.1 Å². The highest BCUT2D eigenvalue weighted by molar-refractivity contribution is 7.92. The zero-order chi connectivity index (χ0) is 31.8. The first-order valence-corrected chi connectivity index (χ1v) is 15.9. The van der Waals surface area contributed by atoms with Gasteiger partial charge >= 0.3 is 6.18 Å². The van der Waals surface area contributed by atoms with Crippen molar-refractivity contribution in [3.8, 4) is 22.1 Å². The van der Waals surface area contributed by atoms with Crippen LogP contribution in [0.2, 0.25) is 0 Å². The quantitative estimate of drug-likeness (QED) is 0.223. The minimum absolute atomic E-state index is 0.000870. The number of nitrogens with one attached hydrogen (secondary N) is 2. The first-order chi connectivity index (χ1) is 20.7. The number of rotatable bonds is 4. The Balaban J connectivity index is 1.59. The lowest BCUT2D eigenvalue weighted by Crippen LogP contribution is -2.37. The third kappa shape index (κ3) is 6.80. The summed E-state index contributed by atoms with van der Waals surface area (Å²) in [4.78, 5) is 8.58. The molecule has 1 aliphatic rings. The molecule has 0 radical (unpaired) electrons. The molecule has 1 aromatic carbocycles. The molecule has 5 rings (SSSR count). The van der Waals surface area contributed by atoms with Crippen LogP contribution in [0.4, 0.5) is 32.9 Å². The Hall–Kier alpha value is -3.79. The molecule has 0 fully saturated rings. The predicted molar refractivity (Wildman–Crippen MR) is 156 cm³/mol. The van der Waals surface area contributed by atoms with Gasteiger partial charge in [-0.3, -0.25) is 4.72 Å². The van der Waals surface area contributed by atoms with E-state index in [-0.39, 0.29) is 44.3 Å². The summed E-state index contributed by atoms with van der Waals surface area (Å²) in [7, 11) is -4.26. The molecule has 0 atom stereocenters. The fraction of sp³-hybridized carbons (Fsp3) is 0.393. The van der Waals surface area contributed by atoms with E-state index in [1.165, 1.54) is 47.3 Å². The van der Waals surface area contributed by atoms with E-state index in [1.807, 2.05) is 0 Å². The zero-order valence-electron chi connectivity index (χ0n) is 23.7. The minimum atomic E-state index is -4.52. The van der Waals surface area contributed by atoms with Gasteiger partial charge in [-0.25, -0.2) is 23.4 Å². The number of pyridine rings is 1. The lowest BCUT2D eigenvalue weighted by molar-refractivity contribution is -0.219. The van der Waals surface area contributed by atoms with Gasteiger partial charge in [0.15, 0.2) is 10.2 Å². The van der Waals surface area contributed by atoms with Crippen molar-refractivity contribution in [2.24, 2.45) is 5.41 Å². The summed E-state index contributed by atoms with van der Waals surface area (Å²) < 4.78 is 107. The Labute approximate surface area is 254 Å². The maximum Gasteiger partial charge on any atom is 0.397 e. The maximum absolute atomic E-state index is 15.7. The van der Waals surface area contributed by atoms with E-state index < -0.39 is 40.6 Å². The number of alkyl halides is 5. The smallest absolute Gasteiger partial charge is 0.397 e. The Kier molecular flexibility index (Phi) is 8.59. The van der Waals surface area contributed by atoms with Gasteiger partial charge in [0, 0.05) is 36.4 Å². The van der Waals surface area contributed by atoms with Gasteiger partial charge in [-0.15, -0.1) is 5.10 Å². The van der Waals surface area contributed by atoms with Gasteiger partial charge in [0.25, 0.3) is 15.9 Å². The summed E-state index contributed by atoms with van der Waals surface area (Å²) in [6.45, 7) is 1.69. The molecule has 1 aliphatic heterocycles. The van der Waals surface area contributed by atoms with Crippen LogP contribution in [0.25, 0.3) is 16.3 Å². The van der Waals surface area contributed by atoms with Crippen molar-refractivity contribution in [3.05, 3.63) is 60.3 Å². The van der Waals surface area contributed by atoms with E-state index in [0.717, 1.165) is 25.2 Å². The van der Waals surface area contributed by atoms with Gasteiger partial charge in [-0.2, -0.15) is 21.6 Å². The number of anilines is 2. The molecule has 4 heterocycles. The number of ether oxygens (including phenoxy) is 1. The molecule has 0 unspecified atom stereocenters. The van der Waals surface area contributed by atoms with E-state index in [1.54, 1.807) is 12.1 Å². The normalized spacial score (nSPS) is 17.1. The highest BCUT2D eigenvalue weighted by atomic mass is 32.2. The lowest BCUT2D eigenvalue weighted by Gasteiger charge is -2.26. The van der Waals surface area contributed by atoms with E-state index in [9.17, 15) is 21.6 Å². The second kappa shape index (κ2) is 12.0. The van der Waals surface area contributed by atoms with Crippen LogP contribution in [0.1, 0.15) is 45.1 Å². The third-order valence-electron chi connectivity index (χ3n) is 7.00. The second-order valence-electron chi connectivity index (χ2n) is 10.9. The van der Waals surface area contributed by atoms with Gasteiger partial charge < -0.3 is 10.1 Å². The third-order valence-corrected chi connectivity index (χ3v) is 9.33. The molecule has 3 aromatic heterocycles. The molecule has 9 nitrogen and oxygen atoms in total. The van der Waals surface area contributed by atoms with Crippen molar-refractivity contribution in [3.63, 3.8) is 0 Å². The fourth-order valence-electron chi connectivity index (χ4n) is 4.36. The fourth-order valence-corrected chi connectivity index (χ4v) is 6.48. The molecule has 236 valence electrons. The number of thiazole rings is 1. The monoisotopic (exact) mass is 656 g/mol. The Morgan fingerprint density at radius 2 is 1.80 bits per heavy atom. The number of benzene rings is 1. The van der Waals surface area contributed by atoms with Crippen LogP contribution in [0, 0.1) is 5.41 Å². The average Bonchev–Trinajstić information content (AvgIpc) is 3.60. The number of aromatic nitrogens is 4. The highest BCUT2D eigenvalue weighted by Gasteiger charge is 2.48. The number of fused-ring (bicyclic) bond motifs is 6. The van der Waals surface area contributed by atoms with E-state index in [4.69, 9.17) is 4.74 Å². The van der Waals surface area contributed by atoms with Crippen molar-refractivity contribution in [2.45, 2.75) is 56.7 Å². The Bertz CT molecular complexity index is 1740. The number of hydrogen-bond acceptors (Lipinski definition) is 8. The number of sulfonamides is 1. The summed E-state index contributed by atoms with van der Waals surface area (Å²) in [5.41, 5.74) is -2.41. The average molecular weight is 657 g/mol. The van der Waals surface area contributed by atoms with Crippen LogP contribution in [0.15, 0.2) is 59.8 Å². The number of hydrogen-bond donors (Lipinski definition) is 2. The van der Waals surface area contributed by atoms with Crippen LogP contribution in [-0.2, 0) is 15.9 Å². The first kappa shape index (κ1) is 31.6. The van der Waals surface area contributed by atoms with Gasteiger partial charge in [0.2, 0.25) is 5.88 Å². The van der Waals surface area contributed by atoms with Crippen molar-refractivity contribution >= 4 is 32.3 Å². The minimum Gasteiger partial charge on any atom is -0.476 e. The molecular formula is C28H29F5N6O3S2. The largest absolute Gasteiger partial charge is 0.476 e. The van der Waals surface area contributed by atoms with Crippen LogP contribution >= 0.6 is 11.3 Å². The predicted octanol–water partition coefficient (Wildman–Crippen LogP) is 7.24. The maximum atomic E-state index is 15.7. The topological polar surface area (TPSA) is 111 Å². The standard InChI is InChI=1S/C28H29F5N6O3S2/c1-26(2,28(31,32)33)17-42-21-13-16-39(37-21)24-23-18-9-4-5-10-19(18)27(29,30)14-6-3-7-15-34-20-11-8-12-22(35-20)44(40,41)38-25(36-23)43-24/h4-5,8-13,16H,3,6-7,14-15,17H2,1-2H3,(H,34,35)(H,36,38). The SMILES string of the molecule is CC(C)(COc1ccn(-c2sc3nc2-c2ccccc2C(F)(F)CCCCCNc2cccc(n2)S(=O)(=O)N3)n1)C(F)(F)F. The van der Waals surface area contributed by atoms with Gasteiger partial charge in [0.05, 0.1) is 5.41 Å². The summed E-state index contributed by atoms with van der Waals surface area (Å²) in [6, 6.07) is 11.6. The molecular weight excluding hydrogens is 627 g/mol. The van der Waals surface area contributed by atoms with E-state index in [0.29, 0.717) is 25.2 Å². The molecule has 16 heteroatoms. The van der Waals surface area contributed by atoms with Crippen molar-refractivity contribution in [1.29, 1.82) is 0 Å². The molecule has 4 bridgehead atoms. The molecule has 0 spiro atoms. The first-order valence-electron chi connectivity index (χ1n) is 13.6. The molecule has 0 aliphatic carbocycles. The summed E-state index contributed by atoms with van der Waals surface area (Å²) in [6.07, 6.45) is -2.28. The Morgan fingerprint density at radius 3 is 2.57 bits per heavy atom.